The highest BCUT2D eigenvalue weighted by Crippen LogP contribution is 2.36. The first-order valence-electron chi connectivity index (χ1n) is 17.4. The maximum Gasteiger partial charge on any atom is 0.245 e. The van der Waals surface area contributed by atoms with Crippen molar-refractivity contribution in [2.24, 2.45) is 0 Å². The smallest absolute Gasteiger partial charge is 0.245 e. The lowest BCUT2D eigenvalue weighted by molar-refractivity contribution is -0.133. The maximum absolute atomic E-state index is 15.0. The molecule has 4 bridgehead atoms. The van der Waals surface area contributed by atoms with Crippen LogP contribution in [0.1, 0.15) is 40.4 Å². The summed E-state index contributed by atoms with van der Waals surface area (Å²) in [6.07, 6.45) is 3.03. The molecule has 3 unspecified atom stereocenters. The van der Waals surface area contributed by atoms with E-state index in [4.69, 9.17) is 21.3 Å². The number of rotatable bonds is 4. The van der Waals surface area contributed by atoms with E-state index in [0.29, 0.717) is 64.8 Å². The summed E-state index contributed by atoms with van der Waals surface area (Å²) < 4.78 is 38.3. The lowest BCUT2D eigenvalue weighted by Gasteiger charge is -2.31. The van der Waals surface area contributed by atoms with Crippen molar-refractivity contribution in [3.05, 3.63) is 71.5 Å². The van der Waals surface area contributed by atoms with E-state index in [9.17, 15) is 18.7 Å². The first-order valence-corrected chi connectivity index (χ1v) is 17.8. The Kier molecular flexibility index (Phi) is 11.0. The molecule has 1 saturated heterocycles. The van der Waals surface area contributed by atoms with Gasteiger partial charge in [-0.15, -0.1) is 0 Å². The van der Waals surface area contributed by atoms with Crippen LogP contribution in [0, 0.1) is 18.6 Å². The van der Waals surface area contributed by atoms with E-state index in [0.717, 1.165) is 6.07 Å². The molecule has 2 N–H and O–H groups in total. The van der Waals surface area contributed by atoms with E-state index in [-0.39, 0.29) is 54.8 Å². The fraction of sp³-hybridized carbons (Fsp3) is 0.378. The Balaban J connectivity index is 0.00000163. The number of hydrogen-bond acceptors (Lipinski definition) is 11. The van der Waals surface area contributed by atoms with Crippen LogP contribution in [-0.2, 0) is 16.1 Å². The monoisotopic (exact) mass is 761 g/mol. The predicted molar refractivity (Wildman–Crippen MR) is 203 cm³/mol. The SMILES string of the molecule is C.CC.CCOC1CN(C)C(=O)C2CC(CN2c2nc(Cl)nc3c2cnn3-c2ccc(F)cc2O)Nc2nccc(n2)-c2cc(F)cc3nc(C)n(c23)C1. The Labute approximate surface area is 315 Å². The number of carbonyl (C=O) groups is 1. The maximum atomic E-state index is 15.0. The molecule has 17 heteroatoms. The van der Waals surface area contributed by atoms with Gasteiger partial charge in [-0.25, -0.2) is 28.4 Å². The molecule has 0 saturated carbocycles. The number of nitrogens with zero attached hydrogens (tertiary/aromatic N) is 10. The van der Waals surface area contributed by atoms with Crippen molar-refractivity contribution in [2.75, 3.05) is 37.0 Å². The van der Waals surface area contributed by atoms with Gasteiger partial charge in [-0.05, 0) is 56.1 Å². The number of aromatic nitrogens is 8. The third-order valence-corrected chi connectivity index (χ3v) is 9.48. The normalized spacial score (nSPS) is 18.4. The van der Waals surface area contributed by atoms with E-state index >= 15 is 0 Å². The quantitative estimate of drug-likeness (QED) is 0.199. The molecule has 6 heterocycles. The number of aromatic hydroxyl groups is 1. The van der Waals surface area contributed by atoms with Crippen LogP contribution in [0.2, 0.25) is 5.28 Å². The molecule has 0 aliphatic carbocycles. The van der Waals surface area contributed by atoms with Gasteiger partial charge in [0.1, 0.15) is 40.8 Å². The zero-order chi connectivity index (χ0) is 37.6. The number of anilines is 2. The lowest BCUT2D eigenvalue weighted by atomic mass is 10.1. The van der Waals surface area contributed by atoms with Crippen molar-refractivity contribution in [1.82, 2.24) is 44.2 Å². The van der Waals surface area contributed by atoms with E-state index < -0.39 is 23.8 Å². The Bertz CT molecular complexity index is 2330. The highest BCUT2D eigenvalue weighted by molar-refractivity contribution is 6.28. The second kappa shape index (κ2) is 15.5. The molecule has 54 heavy (non-hydrogen) atoms. The molecule has 2 aliphatic heterocycles. The lowest BCUT2D eigenvalue weighted by Crippen LogP contribution is -2.47. The van der Waals surface area contributed by atoms with Crippen LogP contribution in [-0.4, -0.2) is 100 Å². The fourth-order valence-electron chi connectivity index (χ4n) is 7.13. The minimum Gasteiger partial charge on any atom is -0.506 e. The molecule has 3 atom stereocenters. The number of benzene rings is 2. The molecule has 284 valence electrons. The molecular formula is C37H42ClF2N11O3. The van der Waals surface area contributed by atoms with Crippen LogP contribution in [0.5, 0.6) is 5.75 Å². The number of halogens is 3. The van der Waals surface area contributed by atoms with Gasteiger partial charge in [0.15, 0.2) is 5.65 Å². The molecule has 8 rings (SSSR count). The van der Waals surface area contributed by atoms with Gasteiger partial charge in [-0.3, -0.25) is 4.79 Å². The van der Waals surface area contributed by atoms with Gasteiger partial charge in [0.2, 0.25) is 17.1 Å². The van der Waals surface area contributed by atoms with Gasteiger partial charge in [-0.2, -0.15) is 15.1 Å². The summed E-state index contributed by atoms with van der Waals surface area (Å²) >= 11 is 6.50. The Hall–Kier alpha value is -5.48. The van der Waals surface area contributed by atoms with Crippen LogP contribution in [0.4, 0.5) is 20.5 Å². The third kappa shape index (κ3) is 6.98. The summed E-state index contributed by atoms with van der Waals surface area (Å²) in [7, 11) is 1.73. The molecule has 2 aliphatic rings. The molecule has 2 aromatic carbocycles. The number of ether oxygens (including phenoxy) is 1. The molecule has 0 spiro atoms. The van der Waals surface area contributed by atoms with E-state index in [1.165, 1.54) is 35.1 Å². The molecule has 6 aromatic rings. The number of aryl methyl sites for hydroxylation is 1. The number of likely N-dealkylation sites (N-methyl/N-ethyl adjacent to an activating group) is 1. The third-order valence-electron chi connectivity index (χ3n) is 9.31. The molecule has 1 fully saturated rings. The Morgan fingerprint density at radius 1 is 1.04 bits per heavy atom. The summed E-state index contributed by atoms with van der Waals surface area (Å²) in [5.74, 6) is -0.265. The van der Waals surface area contributed by atoms with Crippen LogP contribution in [0.25, 0.3) is 39.0 Å². The molecule has 14 nitrogen and oxygen atoms in total. The number of phenols is 1. The average molecular weight is 762 g/mol. The van der Waals surface area contributed by atoms with Gasteiger partial charge >= 0.3 is 0 Å². The second-order valence-corrected chi connectivity index (χ2v) is 13.0. The van der Waals surface area contributed by atoms with Crippen LogP contribution >= 0.6 is 11.6 Å². The zero-order valence-corrected chi connectivity index (χ0v) is 30.5. The minimum atomic E-state index is -0.715. The number of imidazole rings is 1. The molecular weight excluding hydrogens is 720 g/mol. The summed E-state index contributed by atoms with van der Waals surface area (Å²) in [5, 5.41) is 18.7. The van der Waals surface area contributed by atoms with E-state index in [2.05, 4.69) is 30.4 Å². The van der Waals surface area contributed by atoms with Crippen molar-refractivity contribution in [1.29, 1.82) is 0 Å². The minimum absolute atomic E-state index is 0. The highest BCUT2D eigenvalue weighted by Gasteiger charge is 2.41. The van der Waals surface area contributed by atoms with Gasteiger partial charge in [0.05, 0.1) is 41.0 Å². The van der Waals surface area contributed by atoms with Gasteiger partial charge in [0, 0.05) is 56.7 Å². The summed E-state index contributed by atoms with van der Waals surface area (Å²) in [6, 6.07) is 7.07. The standard InChI is InChI=1S/C34H32ClF2N11O3.C2H6.CH4/c1-4-51-21-15-45(3)32(50)27-12-20(41-34-38-8-7-24(42-34)22-9-19(37)10-25-29(22)46(16-21)17(2)40-25)14-47(27)30-23-13-39-48(31(23)44-33(35)43-30)26-6-5-18(36)11-28(26)49;1-2;/h5-11,13,20-21,27,49H,4,12,14-16H2,1-3H3,(H,38,41,42);1-2H3;1H4. The molecule has 0 radical (unpaired) electrons. The van der Waals surface area contributed by atoms with Gasteiger partial charge < -0.3 is 29.5 Å². The van der Waals surface area contributed by atoms with Crippen LogP contribution in [0.15, 0.2) is 48.8 Å². The highest BCUT2D eigenvalue weighted by atomic mass is 35.5. The van der Waals surface area contributed by atoms with Gasteiger partial charge in [0.25, 0.3) is 0 Å². The van der Waals surface area contributed by atoms with E-state index in [1.807, 2.05) is 37.2 Å². The van der Waals surface area contributed by atoms with Crippen molar-refractivity contribution in [3.63, 3.8) is 0 Å². The van der Waals surface area contributed by atoms with Crippen LogP contribution < -0.4 is 10.2 Å². The average Bonchev–Trinajstić information content (AvgIpc) is 3.83. The largest absolute Gasteiger partial charge is 0.506 e. The topological polar surface area (TPSA) is 152 Å². The van der Waals surface area contributed by atoms with Gasteiger partial charge in [-0.1, -0.05) is 21.3 Å². The second-order valence-electron chi connectivity index (χ2n) is 12.6. The Morgan fingerprint density at radius 3 is 2.59 bits per heavy atom. The van der Waals surface area contributed by atoms with E-state index in [1.54, 1.807) is 24.2 Å². The molecule has 1 amide bonds. The number of carbonyl (C=O) groups excluding carboxylic acids is 1. The van der Waals surface area contributed by atoms with Crippen molar-refractivity contribution >= 4 is 51.3 Å². The fourth-order valence-corrected chi connectivity index (χ4v) is 7.29. The number of phenolic OH excluding ortho intramolecular Hbond substituents is 1. The summed E-state index contributed by atoms with van der Waals surface area (Å²) in [6.45, 7) is 9.03. The zero-order valence-electron chi connectivity index (χ0n) is 29.8. The first kappa shape index (κ1) is 38.3. The number of amides is 1. The Morgan fingerprint density at radius 2 is 1.83 bits per heavy atom. The van der Waals surface area contributed by atoms with Crippen molar-refractivity contribution in [3.8, 4) is 22.7 Å². The van der Waals surface area contributed by atoms with Crippen molar-refractivity contribution in [2.45, 2.75) is 66.3 Å². The number of nitrogens with one attached hydrogen (secondary N) is 1. The first-order chi connectivity index (χ1) is 25.6. The van der Waals surface area contributed by atoms with Crippen molar-refractivity contribution < 1.29 is 23.4 Å². The number of fused-ring (bicyclic) bond motifs is 6. The predicted octanol–water partition coefficient (Wildman–Crippen LogP) is 6.17. The molecule has 4 aromatic heterocycles. The van der Waals surface area contributed by atoms with Crippen LogP contribution in [0.3, 0.4) is 0 Å². The summed E-state index contributed by atoms with van der Waals surface area (Å²) in [4.78, 5) is 40.8. The number of hydrogen-bond donors (Lipinski definition) is 2. The summed E-state index contributed by atoms with van der Waals surface area (Å²) in [5.41, 5.74) is 2.69.